The van der Waals surface area contributed by atoms with Crippen molar-refractivity contribution in [3.63, 3.8) is 0 Å². The summed E-state index contributed by atoms with van der Waals surface area (Å²) < 4.78 is 28.8. The van der Waals surface area contributed by atoms with Crippen LogP contribution in [0.5, 0.6) is 5.75 Å². The zero-order chi connectivity index (χ0) is 13.7. The van der Waals surface area contributed by atoms with E-state index in [1.807, 2.05) is 0 Å². The highest BCUT2D eigenvalue weighted by Gasteiger charge is 2.07. The molecule has 1 aromatic carbocycles. The van der Waals surface area contributed by atoms with Crippen molar-refractivity contribution in [3.05, 3.63) is 46.5 Å². The standard InChI is InChI=1S/C12H13FN2O4/c1-17-8-11-14-15(12(16)19-11)6-7-18-10-4-2-9(13)3-5-10/h2-5H,6-8H2,1H3. The van der Waals surface area contributed by atoms with Crippen LogP contribution in [0.4, 0.5) is 4.39 Å². The molecule has 0 radical (unpaired) electrons. The molecular weight excluding hydrogens is 255 g/mol. The van der Waals surface area contributed by atoms with Gasteiger partial charge in [0, 0.05) is 7.11 Å². The average Bonchev–Trinajstić information content (AvgIpc) is 2.73. The van der Waals surface area contributed by atoms with Crippen LogP contribution in [-0.4, -0.2) is 23.5 Å². The topological polar surface area (TPSA) is 66.5 Å². The fourth-order valence-corrected chi connectivity index (χ4v) is 1.45. The lowest BCUT2D eigenvalue weighted by molar-refractivity contribution is 0.158. The largest absolute Gasteiger partial charge is 0.492 e. The van der Waals surface area contributed by atoms with E-state index >= 15 is 0 Å². The van der Waals surface area contributed by atoms with Gasteiger partial charge in [0.05, 0.1) is 6.54 Å². The fraction of sp³-hybridized carbons (Fsp3) is 0.333. The third-order valence-corrected chi connectivity index (χ3v) is 2.30. The molecule has 0 saturated carbocycles. The molecule has 0 spiro atoms. The Hall–Kier alpha value is -2.15. The second-order valence-corrected chi connectivity index (χ2v) is 3.72. The number of rotatable bonds is 6. The first kappa shape index (κ1) is 13.3. The van der Waals surface area contributed by atoms with E-state index in [1.165, 1.54) is 31.4 Å². The van der Waals surface area contributed by atoms with Crippen LogP contribution in [-0.2, 0) is 17.9 Å². The van der Waals surface area contributed by atoms with Gasteiger partial charge in [-0.1, -0.05) is 0 Å². The molecule has 1 aromatic heterocycles. The Morgan fingerprint density at radius 2 is 2.11 bits per heavy atom. The molecule has 2 rings (SSSR count). The number of ether oxygens (including phenoxy) is 2. The van der Waals surface area contributed by atoms with Crippen LogP contribution in [0.3, 0.4) is 0 Å². The van der Waals surface area contributed by atoms with Crippen molar-refractivity contribution in [1.29, 1.82) is 0 Å². The summed E-state index contributed by atoms with van der Waals surface area (Å²) in [5.74, 6) is -0.150. The summed E-state index contributed by atoms with van der Waals surface area (Å²) in [5, 5.41) is 3.92. The van der Waals surface area contributed by atoms with E-state index in [0.29, 0.717) is 5.75 Å². The first-order chi connectivity index (χ1) is 9.19. The monoisotopic (exact) mass is 268 g/mol. The summed E-state index contributed by atoms with van der Waals surface area (Å²) in [5.41, 5.74) is 0. The summed E-state index contributed by atoms with van der Waals surface area (Å²) in [7, 11) is 1.48. The molecule has 0 aliphatic heterocycles. The fourth-order valence-electron chi connectivity index (χ4n) is 1.45. The smallest absolute Gasteiger partial charge is 0.437 e. The quantitative estimate of drug-likeness (QED) is 0.787. The lowest BCUT2D eigenvalue weighted by Crippen LogP contribution is -2.20. The Kier molecular flexibility index (Phi) is 4.30. The molecule has 0 N–H and O–H groups in total. The number of hydrogen-bond acceptors (Lipinski definition) is 5. The zero-order valence-corrected chi connectivity index (χ0v) is 10.3. The maximum absolute atomic E-state index is 12.7. The molecular formula is C12H13FN2O4. The van der Waals surface area contributed by atoms with Crippen LogP contribution < -0.4 is 10.5 Å². The van der Waals surface area contributed by atoms with Gasteiger partial charge in [0.15, 0.2) is 0 Å². The van der Waals surface area contributed by atoms with Gasteiger partial charge in [0.2, 0.25) is 5.89 Å². The van der Waals surface area contributed by atoms with E-state index < -0.39 is 5.76 Å². The third-order valence-electron chi connectivity index (χ3n) is 2.30. The van der Waals surface area contributed by atoms with E-state index in [-0.39, 0.29) is 31.5 Å². The van der Waals surface area contributed by atoms with Crippen LogP contribution >= 0.6 is 0 Å². The lowest BCUT2D eigenvalue weighted by atomic mass is 10.3. The van der Waals surface area contributed by atoms with E-state index in [4.69, 9.17) is 13.9 Å². The Labute approximate surface area is 108 Å². The van der Waals surface area contributed by atoms with Crippen molar-refractivity contribution in [3.8, 4) is 5.75 Å². The molecule has 6 nitrogen and oxygen atoms in total. The van der Waals surface area contributed by atoms with Gasteiger partial charge >= 0.3 is 5.76 Å². The van der Waals surface area contributed by atoms with Crippen LogP contribution in [0.25, 0.3) is 0 Å². The minimum Gasteiger partial charge on any atom is -0.492 e. The van der Waals surface area contributed by atoms with Gasteiger partial charge in [-0.3, -0.25) is 0 Å². The van der Waals surface area contributed by atoms with Crippen LogP contribution in [0.2, 0.25) is 0 Å². The van der Waals surface area contributed by atoms with Crippen molar-refractivity contribution in [1.82, 2.24) is 9.78 Å². The number of hydrogen-bond donors (Lipinski definition) is 0. The highest BCUT2D eigenvalue weighted by molar-refractivity contribution is 5.21. The van der Waals surface area contributed by atoms with Gasteiger partial charge in [-0.2, -0.15) is 4.68 Å². The van der Waals surface area contributed by atoms with Crippen LogP contribution in [0.1, 0.15) is 5.89 Å². The minimum atomic E-state index is -0.560. The Morgan fingerprint density at radius 1 is 1.37 bits per heavy atom. The van der Waals surface area contributed by atoms with E-state index in [2.05, 4.69) is 5.10 Å². The first-order valence-corrected chi connectivity index (χ1v) is 5.63. The second-order valence-electron chi connectivity index (χ2n) is 3.72. The molecule has 2 aromatic rings. The van der Waals surface area contributed by atoms with E-state index in [9.17, 15) is 9.18 Å². The Bertz CT molecular complexity index is 576. The van der Waals surface area contributed by atoms with Gasteiger partial charge in [-0.25, -0.2) is 9.18 Å². The number of benzene rings is 1. The van der Waals surface area contributed by atoms with Gasteiger partial charge in [0.25, 0.3) is 0 Å². The molecule has 0 aliphatic rings. The maximum Gasteiger partial charge on any atom is 0.437 e. The number of methoxy groups -OCH3 is 1. The van der Waals surface area contributed by atoms with Gasteiger partial charge in [-0.05, 0) is 24.3 Å². The molecule has 0 saturated heterocycles. The third kappa shape index (κ3) is 3.65. The van der Waals surface area contributed by atoms with Crippen molar-refractivity contribution in [2.45, 2.75) is 13.2 Å². The summed E-state index contributed by atoms with van der Waals surface area (Å²) in [6, 6.07) is 5.62. The number of halogens is 1. The van der Waals surface area contributed by atoms with Crippen molar-refractivity contribution >= 4 is 0 Å². The summed E-state index contributed by atoms with van der Waals surface area (Å²) >= 11 is 0. The molecule has 7 heteroatoms. The van der Waals surface area contributed by atoms with E-state index in [0.717, 1.165) is 4.68 Å². The average molecular weight is 268 g/mol. The highest BCUT2D eigenvalue weighted by Crippen LogP contribution is 2.10. The summed E-state index contributed by atoms with van der Waals surface area (Å²) in [4.78, 5) is 11.4. The first-order valence-electron chi connectivity index (χ1n) is 5.63. The molecule has 1 heterocycles. The summed E-state index contributed by atoms with van der Waals surface area (Å²) in [6.45, 7) is 0.606. The molecule has 102 valence electrons. The lowest BCUT2D eigenvalue weighted by Gasteiger charge is -2.04. The zero-order valence-electron chi connectivity index (χ0n) is 10.3. The van der Waals surface area contributed by atoms with Gasteiger partial charge < -0.3 is 13.9 Å². The highest BCUT2D eigenvalue weighted by atomic mass is 19.1. The maximum atomic E-state index is 12.7. The van der Waals surface area contributed by atoms with Crippen LogP contribution in [0, 0.1) is 5.82 Å². The predicted octanol–water partition coefficient (Wildman–Crippen LogP) is 1.20. The second kappa shape index (κ2) is 6.14. The van der Waals surface area contributed by atoms with Crippen molar-refractivity contribution < 1.29 is 18.3 Å². The Balaban J connectivity index is 1.88. The predicted molar refractivity (Wildman–Crippen MR) is 63.4 cm³/mol. The Morgan fingerprint density at radius 3 is 2.79 bits per heavy atom. The molecule has 0 bridgehead atoms. The number of aromatic nitrogens is 2. The molecule has 0 aliphatic carbocycles. The van der Waals surface area contributed by atoms with Crippen LogP contribution in [0.15, 0.2) is 33.5 Å². The van der Waals surface area contributed by atoms with Crippen molar-refractivity contribution in [2.24, 2.45) is 0 Å². The normalized spacial score (nSPS) is 10.6. The van der Waals surface area contributed by atoms with E-state index in [1.54, 1.807) is 0 Å². The molecule has 0 unspecified atom stereocenters. The molecule has 0 atom stereocenters. The molecule has 19 heavy (non-hydrogen) atoms. The van der Waals surface area contributed by atoms with Gasteiger partial charge in [0.1, 0.15) is 24.8 Å². The van der Waals surface area contributed by atoms with Gasteiger partial charge in [-0.15, -0.1) is 5.10 Å². The SMILES string of the molecule is COCc1nn(CCOc2ccc(F)cc2)c(=O)o1. The summed E-state index contributed by atoms with van der Waals surface area (Å²) in [6.07, 6.45) is 0. The molecule has 0 amide bonds. The van der Waals surface area contributed by atoms with Crippen molar-refractivity contribution in [2.75, 3.05) is 13.7 Å². The molecule has 0 fully saturated rings. The number of nitrogens with zero attached hydrogens (tertiary/aromatic N) is 2. The minimum absolute atomic E-state index is 0.140.